The van der Waals surface area contributed by atoms with Gasteiger partial charge in [0.1, 0.15) is 17.2 Å². The predicted octanol–water partition coefficient (Wildman–Crippen LogP) is 5.95. The first-order chi connectivity index (χ1) is 14.7. The number of hydrazone groups is 1. The number of ether oxygens (including phenoxy) is 2. The SMILES string of the molecule is CCOc1cccc2c1O[C@@H](c1ccc(SC)cc1)N1N=C(c3ccc(C)o3)C[C@@H]21. The maximum absolute atomic E-state index is 6.53. The van der Waals surface area contributed by atoms with Gasteiger partial charge in [0.25, 0.3) is 0 Å². The molecule has 2 aromatic carbocycles. The summed E-state index contributed by atoms with van der Waals surface area (Å²) in [6.45, 7) is 4.53. The maximum atomic E-state index is 6.53. The molecule has 0 radical (unpaired) electrons. The number of aryl methyl sites for hydroxylation is 1. The highest BCUT2D eigenvalue weighted by Gasteiger charge is 2.42. The lowest BCUT2D eigenvalue weighted by molar-refractivity contribution is -0.0212. The van der Waals surface area contributed by atoms with Crippen LogP contribution in [0.25, 0.3) is 0 Å². The van der Waals surface area contributed by atoms with Crippen molar-refractivity contribution in [2.75, 3.05) is 12.9 Å². The van der Waals surface area contributed by atoms with Crippen molar-refractivity contribution in [3.63, 3.8) is 0 Å². The lowest BCUT2D eigenvalue weighted by Crippen LogP contribution is -2.33. The van der Waals surface area contributed by atoms with E-state index in [1.54, 1.807) is 11.8 Å². The van der Waals surface area contributed by atoms with Crippen LogP contribution in [-0.2, 0) is 0 Å². The van der Waals surface area contributed by atoms with Gasteiger partial charge in [-0.1, -0.05) is 24.3 Å². The molecule has 0 saturated heterocycles. The Kier molecular flexibility index (Phi) is 4.95. The average Bonchev–Trinajstić information content (AvgIpc) is 3.40. The zero-order valence-electron chi connectivity index (χ0n) is 17.3. The number of para-hydroxylation sites is 1. The molecule has 0 aliphatic carbocycles. The number of hydrogen-bond donors (Lipinski definition) is 0. The summed E-state index contributed by atoms with van der Waals surface area (Å²) in [7, 11) is 0. The van der Waals surface area contributed by atoms with Crippen molar-refractivity contribution in [2.45, 2.75) is 37.4 Å². The summed E-state index contributed by atoms with van der Waals surface area (Å²) in [5, 5.41) is 7.02. The first kappa shape index (κ1) is 19.1. The third kappa shape index (κ3) is 3.25. The summed E-state index contributed by atoms with van der Waals surface area (Å²) in [5.41, 5.74) is 3.10. The number of benzene rings is 2. The Bertz CT molecular complexity index is 1090. The number of thioether (sulfide) groups is 1. The number of fused-ring (bicyclic) bond motifs is 3. The molecule has 5 nitrogen and oxygen atoms in total. The van der Waals surface area contributed by atoms with Gasteiger partial charge < -0.3 is 13.9 Å². The molecule has 0 spiro atoms. The van der Waals surface area contributed by atoms with Crippen molar-refractivity contribution in [3.8, 4) is 11.5 Å². The Labute approximate surface area is 180 Å². The van der Waals surface area contributed by atoms with Gasteiger partial charge in [-0.3, -0.25) is 0 Å². The molecular weight excluding hydrogens is 396 g/mol. The van der Waals surface area contributed by atoms with E-state index in [1.807, 2.05) is 38.1 Å². The predicted molar refractivity (Wildman–Crippen MR) is 118 cm³/mol. The van der Waals surface area contributed by atoms with Gasteiger partial charge >= 0.3 is 0 Å². The van der Waals surface area contributed by atoms with Gasteiger partial charge in [-0.2, -0.15) is 5.10 Å². The fraction of sp³-hybridized carbons (Fsp3) is 0.292. The number of hydrogen-bond acceptors (Lipinski definition) is 6. The fourth-order valence-corrected chi connectivity index (χ4v) is 4.49. The van der Waals surface area contributed by atoms with Crippen LogP contribution in [0.4, 0.5) is 0 Å². The largest absolute Gasteiger partial charge is 0.490 e. The first-order valence-corrected chi connectivity index (χ1v) is 11.4. The molecule has 0 unspecified atom stereocenters. The zero-order valence-corrected chi connectivity index (χ0v) is 18.1. The minimum Gasteiger partial charge on any atom is -0.490 e. The molecule has 2 atom stereocenters. The van der Waals surface area contributed by atoms with Gasteiger partial charge in [0.2, 0.25) is 6.23 Å². The second-order valence-electron chi connectivity index (χ2n) is 7.41. The van der Waals surface area contributed by atoms with E-state index in [0.717, 1.165) is 46.3 Å². The van der Waals surface area contributed by atoms with E-state index in [1.165, 1.54) is 4.90 Å². The van der Waals surface area contributed by atoms with E-state index in [2.05, 4.69) is 41.6 Å². The molecule has 6 heteroatoms. The van der Waals surface area contributed by atoms with E-state index in [0.29, 0.717) is 6.61 Å². The van der Waals surface area contributed by atoms with E-state index < -0.39 is 0 Å². The summed E-state index contributed by atoms with van der Waals surface area (Å²) >= 11 is 1.73. The third-order valence-corrected chi connectivity index (χ3v) is 6.25. The highest BCUT2D eigenvalue weighted by atomic mass is 32.2. The van der Waals surface area contributed by atoms with Crippen LogP contribution in [0.3, 0.4) is 0 Å². The lowest BCUT2D eigenvalue weighted by Gasteiger charge is -2.38. The van der Waals surface area contributed by atoms with E-state index in [4.69, 9.17) is 19.0 Å². The van der Waals surface area contributed by atoms with Crippen molar-refractivity contribution in [1.82, 2.24) is 5.01 Å². The number of furan rings is 1. The van der Waals surface area contributed by atoms with Crippen LogP contribution >= 0.6 is 11.8 Å². The summed E-state index contributed by atoms with van der Waals surface area (Å²) in [6, 6.07) is 18.6. The number of rotatable bonds is 5. The molecule has 3 aromatic rings. The maximum Gasteiger partial charge on any atom is 0.214 e. The Morgan fingerprint density at radius 1 is 1.13 bits per heavy atom. The monoisotopic (exact) mass is 420 g/mol. The summed E-state index contributed by atoms with van der Waals surface area (Å²) in [6.07, 6.45) is 2.52. The van der Waals surface area contributed by atoms with E-state index >= 15 is 0 Å². The van der Waals surface area contributed by atoms with Gasteiger partial charge in [-0.15, -0.1) is 11.8 Å². The molecular formula is C24H24N2O3S. The molecule has 154 valence electrons. The van der Waals surface area contributed by atoms with Crippen LogP contribution in [0.15, 0.2) is 69.0 Å². The van der Waals surface area contributed by atoms with E-state index in [-0.39, 0.29) is 12.3 Å². The van der Waals surface area contributed by atoms with Gasteiger partial charge in [0.15, 0.2) is 11.5 Å². The van der Waals surface area contributed by atoms with Gasteiger partial charge in [0, 0.05) is 22.4 Å². The Hall–Kier alpha value is -2.86. The van der Waals surface area contributed by atoms with Crippen molar-refractivity contribution < 1.29 is 13.9 Å². The van der Waals surface area contributed by atoms with Crippen molar-refractivity contribution in [2.24, 2.45) is 5.10 Å². The van der Waals surface area contributed by atoms with E-state index in [9.17, 15) is 0 Å². The minimum atomic E-state index is -0.325. The second-order valence-corrected chi connectivity index (χ2v) is 8.29. The van der Waals surface area contributed by atoms with Crippen LogP contribution in [-0.4, -0.2) is 23.6 Å². The molecule has 0 amide bonds. The standard InChI is InChI=1S/C24H24N2O3S/c1-4-27-22-7-5-6-18-20-14-19(21-13-8-15(2)28-21)25-26(20)24(29-23(18)22)16-9-11-17(30-3)12-10-16/h5-13,20,24H,4,14H2,1-3H3/t20-,24-/m0/s1. The van der Waals surface area contributed by atoms with Crippen LogP contribution < -0.4 is 9.47 Å². The fourth-order valence-electron chi connectivity index (χ4n) is 4.08. The normalized spacial score (nSPS) is 19.7. The highest BCUT2D eigenvalue weighted by Crippen LogP contribution is 2.50. The molecule has 5 rings (SSSR count). The van der Waals surface area contributed by atoms with Gasteiger partial charge in [0.05, 0.1) is 12.6 Å². The van der Waals surface area contributed by atoms with Crippen molar-refractivity contribution in [1.29, 1.82) is 0 Å². The molecule has 0 N–H and O–H groups in total. The van der Waals surface area contributed by atoms with Crippen LogP contribution in [0, 0.1) is 6.92 Å². The topological polar surface area (TPSA) is 47.2 Å². The molecule has 0 bridgehead atoms. The second kappa shape index (κ2) is 7.76. The Morgan fingerprint density at radius 2 is 1.97 bits per heavy atom. The molecule has 3 heterocycles. The summed E-state index contributed by atoms with van der Waals surface area (Å²) in [5.74, 6) is 3.30. The van der Waals surface area contributed by atoms with Crippen LogP contribution in [0.5, 0.6) is 11.5 Å². The Morgan fingerprint density at radius 3 is 2.67 bits per heavy atom. The first-order valence-electron chi connectivity index (χ1n) is 10.2. The summed E-state index contributed by atoms with van der Waals surface area (Å²) in [4.78, 5) is 1.22. The third-order valence-electron chi connectivity index (χ3n) is 5.51. The zero-order chi connectivity index (χ0) is 20.7. The summed E-state index contributed by atoms with van der Waals surface area (Å²) < 4.78 is 18.3. The molecule has 30 heavy (non-hydrogen) atoms. The minimum absolute atomic E-state index is 0.0692. The molecule has 0 saturated carbocycles. The van der Waals surface area contributed by atoms with Crippen molar-refractivity contribution in [3.05, 3.63) is 77.2 Å². The molecule has 0 fully saturated rings. The molecule has 2 aliphatic heterocycles. The molecule has 2 aliphatic rings. The smallest absolute Gasteiger partial charge is 0.214 e. The van der Waals surface area contributed by atoms with Crippen LogP contribution in [0.2, 0.25) is 0 Å². The lowest BCUT2D eigenvalue weighted by atomic mass is 9.97. The average molecular weight is 421 g/mol. The number of nitrogens with zero attached hydrogens (tertiary/aromatic N) is 2. The highest BCUT2D eigenvalue weighted by molar-refractivity contribution is 7.98. The quantitative estimate of drug-likeness (QED) is 0.477. The van der Waals surface area contributed by atoms with Gasteiger partial charge in [-0.25, -0.2) is 5.01 Å². The van der Waals surface area contributed by atoms with Gasteiger partial charge in [-0.05, 0) is 50.4 Å². The van der Waals surface area contributed by atoms with Crippen molar-refractivity contribution >= 4 is 17.5 Å². The Balaban J connectivity index is 1.59. The van der Waals surface area contributed by atoms with Crippen LogP contribution in [0.1, 0.15) is 48.3 Å². The molecule has 1 aromatic heterocycles.